The molecule has 2 aromatic carbocycles. The fraction of sp³-hybridized carbons (Fsp3) is 0.400. The second-order valence-corrected chi connectivity index (χ2v) is 9.31. The smallest absolute Gasteiger partial charge is 0.369 e. The summed E-state index contributed by atoms with van der Waals surface area (Å²) in [7, 11) is -4.12. The minimum atomic E-state index is -6.06. The van der Waals surface area contributed by atoms with Crippen LogP contribution in [0.15, 0.2) is 36.4 Å². The van der Waals surface area contributed by atoms with Crippen LogP contribution in [0.25, 0.3) is 0 Å². The van der Waals surface area contributed by atoms with Gasteiger partial charge in [-0.05, 0) is 54.6 Å². The number of likely N-dealkylation sites (N-methyl/N-ethyl adjacent to an activating group) is 1. The number of nitro groups is 1. The highest BCUT2D eigenvalue weighted by atomic mass is 32.2. The number of alkyl halides is 3. The fourth-order valence-electron chi connectivity index (χ4n) is 4.56. The van der Waals surface area contributed by atoms with Gasteiger partial charge in [0.05, 0.1) is 4.92 Å². The molecule has 2 aliphatic rings. The Hall–Kier alpha value is -2.66. The minimum absolute atomic E-state index is 0.0182. The van der Waals surface area contributed by atoms with E-state index >= 15 is 0 Å². The summed E-state index contributed by atoms with van der Waals surface area (Å²) >= 11 is 0. The maximum atomic E-state index is 12.9. The van der Waals surface area contributed by atoms with Crippen LogP contribution in [-0.2, 0) is 23.0 Å². The van der Waals surface area contributed by atoms with Crippen molar-refractivity contribution in [1.29, 1.82) is 0 Å². The molecule has 1 aliphatic heterocycles. The first-order valence-corrected chi connectivity index (χ1v) is 11.0. The number of nitro benzene ring substituents is 1. The Morgan fingerprint density at radius 1 is 1.13 bits per heavy atom. The Balaban J connectivity index is 1.92. The summed E-state index contributed by atoms with van der Waals surface area (Å²) in [5.74, 6) is -1.20. The average Bonchev–Trinajstić information content (AvgIpc) is 2.83. The first-order valence-electron chi connectivity index (χ1n) is 9.59. The standard InChI is InChI=1S/C20H19F3N2O5S/c1-24-9-8-13-10-17(25(26)27)18(30-31(28,29)20(21,22)23)11-15(13)19-14-5-3-2-4-12(14)6-7-16(19)24/h2-5,10-11,16,19H,6-9H2,1H3/t16-,19+/m0/s1. The van der Waals surface area contributed by atoms with Gasteiger partial charge in [-0.25, -0.2) is 0 Å². The van der Waals surface area contributed by atoms with Crippen LogP contribution in [0.3, 0.4) is 0 Å². The number of hydrogen-bond donors (Lipinski definition) is 0. The number of hydrogen-bond acceptors (Lipinski definition) is 6. The molecule has 0 saturated heterocycles. The zero-order valence-electron chi connectivity index (χ0n) is 16.4. The predicted molar refractivity (Wildman–Crippen MR) is 105 cm³/mol. The van der Waals surface area contributed by atoms with Crippen LogP contribution >= 0.6 is 0 Å². The highest BCUT2D eigenvalue weighted by Crippen LogP contribution is 2.45. The van der Waals surface area contributed by atoms with Crippen molar-refractivity contribution in [2.75, 3.05) is 13.6 Å². The van der Waals surface area contributed by atoms with Gasteiger partial charge >= 0.3 is 21.3 Å². The lowest BCUT2D eigenvalue weighted by Crippen LogP contribution is -2.39. The molecule has 7 nitrogen and oxygen atoms in total. The molecule has 0 N–H and O–H groups in total. The van der Waals surface area contributed by atoms with Gasteiger partial charge in [0.2, 0.25) is 5.75 Å². The van der Waals surface area contributed by atoms with Crippen molar-refractivity contribution in [2.24, 2.45) is 0 Å². The summed E-state index contributed by atoms with van der Waals surface area (Å²) < 4.78 is 66.1. The zero-order valence-corrected chi connectivity index (χ0v) is 17.2. The maximum Gasteiger partial charge on any atom is 0.534 e. The minimum Gasteiger partial charge on any atom is -0.369 e. The number of rotatable bonds is 3. The molecule has 0 bridgehead atoms. The first-order chi connectivity index (χ1) is 14.5. The third kappa shape index (κ3) is 3.76. The van der Waals surface area contributed by atoms with Crippen LogP contribution in [0.4, 0.5) is 18.9 Å². The largest absolute Gasteiger partial charge is 0.534 e. The summed E-state index contributed by atoms with van der Waals surface area (Å²) in [6.07, 6.45) is 2.07. The van der Waals surface area contributed by atoms with Gasteiger partial charge in [0.25, 0.3) is 0 Å². The van der Waals surface area contributed by atoms with E-state index in [0.717, 1.165) is 36.1 Å². The highest BCUT2D eigenvalue weighted by Gasteiger charge is 2.49. The van der Waals surface area contributed by atoms with Crippen LogP contribution in [0.5, 0.6) is 5.75 Å². The van der Waals surface area contributed by atoms with E-state index in [1.54, 1.807) is 0 Å². The summed E-state index contributed by atoms with van der Waals surface area (Å²) in [5.41, 5.74) is -3.29. The van der Waals surface area contributed by atoms with Crippen LogP contribution in [-0.4, -0.2) is 43.4 Å². The van der Waals surface area contributed by atoms with E-state index in [9.17, 15) is 31.7 Å². The third-order valence-electron chi connectivity index (χ3n) is 6.02. The molecule has 1 heterocycles. The molecule has 2 atom stereocenters. The lowest BCUT2D eigenvalue weighted by atomic mass is 9.74. The van der Waals surface area contributed by atoms with E-state index in [0.29, 0.717) is 24.1 Å². The Morgan fingerprint density at radius 3 is 2.52 bits per heavy atom. The highest BCUT2D eigenvalue weighted by molar-refractivity contribution is 7.88. The van der Waals surface area contributed by atoms with Gasteiger partial charge in [-0.3, -0.25) is 10.1 Å². The molecular formula is C20H19F3N2O5S. The third-order valence-corrected chi connectivity index (χ3v) is 6.99. The molecule has 2 aromatic rings. The van der Waals surface area contributed by atoms with Crippen molar-refractivity contribution in [1.82, 2.24) is 4.90 Å². The molecule has 0 saturated carbocycles. The normalized spacial score (nSPS) is 21.4. The summed E-state index contributed by atoms with van der Waals surface area (Å²) in [4.78, 5) is 12.7. The molecule has 0 fully saturated rings. The van der Waals surface area contributed by atoms with Crippen molar-refractivity contribution >= 4 is 15.8 Å². The quantitative estimate of drug-likeness (QED) is 0.302. The lowest BCUT2D eigenvalue weighted by Gasteiger charge is -2.38. The Labute approximate surface area is 176 Å². The van der Waals surface area contributed by atoms with Crippen LogP contribution in [0.1, 0.15) is 34.6 Å². The van der Waals surface area contributed by atoms with Gasteiger partial charge in [0, 0.05) is 24.6 Å². The second-order valence-electron chi connectivity index (χ2n) is 7.77. The van der Waals surface area contributed by atoms with Gasteiger partial charge in [0.15, 0.2) is 0 Å². The van der Waals surface area contributed by atoms with Gasteiger partial charge in [-0.15, -0.1) is 0 Å². The topological polar surface area (TPSA) is 89.8 Å². The van der Waals surface area contributed by atoms with Crippen molar-refractivity contribution in [2.45, 2.75) is 36.7 Å². The number of fused-ring (bicyclic) bond motifs is 5. The second kappa shape index (κ2) is 7.49. The first kappa shape index (κ1) is 21.6. The van der Waals surface area contributed by atoms with Gasteiger partial charge in [-0.2, -0.15) is 21.6 Å². The molecule has 31 heavy (non-hydrogen) atoms. The van der Waals surface area contributed by atoms with E-state index in [1.807, 2.05) is 31.3 Å². The van der Waals surface area contributed by atoms with E-state index in [4.69, 9.17) is 0 Å². The molecule has 0 aromatic heterocycles. The monoisotopic (exact) mass is 456 g/mol. The average molecular weight is 456 g/mol. The number of nitrogens with zero attached hydrogens (tertiary/aromatic N) is 2. The van der Waals surface area contributed by atoms with Crippen molar-refractivity contribution < 1.29 is 30.7 Å². The molecule has 1 aliphatic carbocycles. The predicted octanol–water partition coefficient (Wildman–Crippen LogP) is 3.76. The van der Waals surface area contributed by atoms with Crippen LogP contribution < -0.4 is 4.18 Å². The van der Waals surface area contributed by atoms with Gasteiger partial charge < -0.3 is 9.08 Å². The molecule has 0 spiro atoms. The van der Waals surface area contributed by atoms with Gasteiger partial charge in [-0.1, -0.05) is 24.3 Å². The molecule has 4 rings (SSSR count). The van der Waals surface area contributed by atoms with Crippen molar-refractivity contribution in [3.8, 4) is 5.75 Å². The maximum absolute atomic E-state index is 12.9. The van der Waals surface area contributed by atoms with E-state index in [2.05, 4.69) is 9.08 Å². The fourth-order valence-corrected chi connectivity index (χ4v) is 5.03. The molecule has 11 heteroatoms. The number of halogens is 3. The molecule has 0 radical (unpaired) electrons. The number of aryl methyl sites for hydroxylation is 1. The van der Waals surface area contributed by atoms with Crippen molar-refractivity contribution in [3.63, 3.8) is 0 Å². The zero-order chi connectivity index (χ0) is 22.6. The number of benzene rings is 2. The molecule has 166 valence electrons. The SMILES string of the molecule is CN1CCc2cc([N+](=O)[O-])c(OS(=O)(=O)C(F)(F)F)cc2[C@H]2c3ccccc3CC[C@@H]21. The van der Waals surface area contributed by atoms with Crippen LogP contribution in [0, 0.1) is 10.1 Å². The van der Waals surface area contributed by atoms with E-state index < -0.39 is 32.0 Å². The summed E-state index contributed by atoms with van der Waals surface area (Å²) in [6, 6.07) is 9.95. The Bertz CT molecular complexity index is 1150. The molecule has 0 unspecified atom stereocenters. The van der Waals surface area contributed by atoms with Gasteiger partial charge in [0.1, 0.15) is 0 Å². The van der Waals surface area contributed by atoms with E-state index in [1.165, 1.54) is 0 Å². The molecular weight excluding hydrogens is 437 g/mol. The van der Waals surface area contributed by atoms with E-state index in [-0.39, 0.29) is 12.0 Å². The lowest BCUT2D eigenvalue weighted by molar-refractivity contribution is -0.385. The Kier molecular flexibility index (Phi) is 5.21. The Morgan fingerprint density at radius 2 is 1.84 bits per heavy atom. The van der Waals surface area contributed by atoms with Crippen LogP contribution in [0.2, 0.25) is 0 Å². The summed E-state index contributed by atoms with van der Waals surface area (Å²) in [6.45, 7) is 0.606. The molecule has 0 amide bonds. The summed E-state index contributed by atoms with van der Waals surface area (Å²) in [5, 5.41) is 11.5. The van der Waals surface area contributed by atoms with Crippen molar-refractivity contribution in [3.05, 3.63) is 68.8 Å².